The van der Waals surface area contributed by atoms with Gasteiger partial charge in [-0.15, -0.1) is 0 Å². The number of hydrogen-bond acceptors (Lipinski definition) is 3. The number of amides is 1. The number of para-hydroxylation sites is 1. The number of rotatable bonds is 4. The first-order valence-electron chi connectivity index (χ1n) is 9.01. The van der Waals surface area contributed by atoms with Gasteiger partial charge >= 0.3 is 0 Å². The molecule has 6 heteroatoms. The highest BCUT2D eigenvalue weighted by Gasteiger charge is 2.20. The van der Waals surface area contributed by atoms with Crippen molar-refractivity contribution in [2.75, 3.05) is 7.05 Å². The molecule has 0 spiro atoms. The number of hydrogen-bond donors (Lipinski definition) is 2. The number of carbonyl (C=O) groups excluding carboxylic acids is 1. The molecule has 0 saturated carbocycles. The van der Waals surface area contributed by atoms with Crippen LogP contribution in [0.4, 0.5) is 0 Å². The molecule has 0 bridgehead atoms. The van der Waals surface area contributed by atoms with E-state index in [-0.39, 0.29) is 11.5 Å². The molecule has 0 radical (unpaired) electrons. The van der Waals surface area contributed by atoms with E-state index < -0.39 is 0 Å². The fourth-order valence-corrected chi connectivity index (χ4v) is 3.41. The molecule has 0 aliphatic carbocycles. The number of pyridine rings is 1. The molecule has 0 aliphatic heterocycles. The molecular formula is C22H20N4O2. The molecule has 4 rings (SSSR count). The predicted octanol–water partition coefficient (Wildman–Crippen LogP) is 3.50. The third-order valence-electron chi connectivity index (χ3n) is 4.86. The van der Waals surface area contributed by atoms with Gasteiger partial charge in [-0.2, -0.15) is 5.10 Å². The van der Waals surface area contributed by atoms with Crippen LogP contribution in [0.1, 0.15) is 21.6 Å². The minimum absolute atomic E-state index is 0.170. The van der Waals surface area contributed by atoms with Gasteiger partial charge < -0.3 is 9.88 Å². The fraction of sp³-hybridized carbons (Fsp3) is 0.136. The van der Waals surface area contributed by atoms with Crippen molar-refractivity contribution in [2.24, 2.45) is 0 Å². The van der Waals surface area contributed by atoms with Crippen LogP contribution in [0.25, 0.3) is 22.2 Å². The first-order chi connectivity index (χ1) is 13.5. The lowest BCUT2D eigenvalue weighted by Gasteiger charge is -2.18. The zero-order valence-corrected chi connectivity index (χ0v) is 15.7. The maximum absolute atomic E-state index is 13.0. The number of carbonyl (C=O) groups is 1. The van der Waals surface area contributed by atoms with E-state index in [1.54, 1.807) is 18.0 Å². The van der Waals surface area contributed by atoms with Crippen LogP contribution in [0.3, 0.4) is 0 Å². The Morgan fingerprint density at radius 1 is 1.07 bits per heavy atom. The first-order valence-corrected chi connectivity index (χ1v) is 9.01. The lowest BCUT2D eigenvalue weighted by Crippen LogP contribution is -2.27. The van der Waals surface area contributed by atoms with E-state index in [0.29, 0.717) is 12.2 Å². The number of fused-ring (bicyclic) bond motifs is 1. The van der Waals surface area contributed by atoms with Crippen LogP contribution >= 0.6 is 0 Å². The number of nitrogens with one attached hydrogen (secondary N) is 2. The Morgan fingerprint density at radius 2 is 1.79 bits per heavy atom. The Bertz CT molecular complexity index is 1210. The number of aromatic amines is 2. The van der Waals surface area contributed by atoms with E-state index in [1.807, 2.05) is 61.5 Å². The van der Waals surface area contributed by atoms with Gasteiger partial charge in [0.1, 0.15) is 5.69 Å². The van der Waals surface area contributed by atoms with Crippen molar-refractivity contribution in [1.82, 2.24) is 20.1 Å². The molecule has 4 aromatic rings. The Labute approximate surface area is 161 Å². The molecule has 0 atom stereocenters. The summed E-state index contributed by atoms with van der Waals surface area (Å²) in [4.78, 5) is 29.4. The maximum atomic E-state index is 13.0. The fourth-order valence-electron chi connectivity index (χ4n) is 3.41. The summed E-state index contributed by atoms with van der Waals surface area (Å²) in [7, 11) is 1.72. The summed E-state index contributed by atoms with van der Waals surface area (Å²) in [6.45, 7) is 2.21. The molecule has 6 nitrogen and oxygen atoms in total. The second kappa shape index (κ2) is 7.15. The summed E-state index contributed by atoms with van der Waals surface area (Å²) in [5.41, 5.74) is 4.36. The highest BCUT2D eigenvalue weighted by atomic mass is 16.2. The molecule has 0 aliphatic rings. The highest BCUT2D eigenvalue weighted by molar-refractivity contribution is 5.95. The molecule has 0 unspecified atom stereocenters. The molecule has 2 aromatic heterocycles. The van der Waals surface area contributed by atoms with E-state index in [1.165, 1.54) is 0 Å². The van der Waals surface area contributed by atoms with Crippen LogP contribution in [0, 0.1) is 6.92 Å². The van der Waals surface area contributed by atoms with Crippen LogP contribution in [0.15, 0.2) is 65.5 Å². The van der Waals surface area contributed by atoms with Crippen molar-refractivity contribution in [3.63, 3.8) is 0 Å². The van der Waals surface area contributed by atoms with Crippen molar-refractivity contribution in [3.05, 3.63) is 87.8 Å². The second-order valence-corrected chi connectivity index (χ2v) is 6.80. The van der Waals surface area contributed by atoms with Crippen molar-refractivity contribution in [3.8, 4) is 11.3 Å². The lowest BCUT2D eigenvalue weighted by atomic mass is 10.1. The van der Waals surface area contributed by atoms with Gasteiger partial charge in [-0.25, -0.2) is 0 Å². The summed E-state index contributed by atoms with van der Waals surface area (Å²) in [5, 5.41) is 8.14. The topological polar surface area (TPSA) is 81.8 Å². The molecule has 28 heavy (non-hydrogen) atoms. The summed E-state index contributed by atoms with van der Waals surface area (Å²) in [6, 6.07) is 18.9. The van der Waals surface area contributed by atoms with Gasteiger partial charge in [-0.05, 0) is 18.6 Å². The van der Waals surface area contributed by atoms with Crippen LogP contribution in [-0.4, -0.2) is 33.0 Å². The van der Waals surface area contributed by atoms with E-state index in [9.17, 15) is 9.59 Å². The van der Waals surface area contributed by atoms with Crippen LogP contribution in [-0.2, 0) is 6.54 Å². The minimum atomic E-state index is -0.182. The van der Waals surface area contributed by atoms with Gasteiger partial charge in [0.25, 0.3) is 5.91 Å². The van der Waals surface area contributed by atoms with Gasteiger partial charge in [-0.3, -0.25) is 14.7 Å². The van der Waals surface area contributed by atoms with Crippen LogP contribution < -0.4 is 5.56 Å². The van der Waals surface area contributed by atoms with Crippen LogP contribution in [0.2, 0.25) is 0 Å². The predicted molar refractivity (Wildman–Crippen MR) is 109 cm³/mol. The molecule has 1 amide bonds. The first kappa shape index (κ1) is 17.7. The van der Waals surface area contributed by atoms with Crippen molar-refractivity contribution in [2.45, 2.75) is 13.5 Å². The van der Waals surface area contributed by atoms with Crippen molar-refractivity contribution >= 4 is 16.8 Å². The Hall–Kier alpha value is -3.67. The van der Waals surface area contributed by atoms with E-state index in [0.717, 1.165) is 33.3 Å². The van der Waals surface area contributed by atoms with Crippen molar-refractivity contribution in [1.29, 1.82) is 0 Å². The zero-order valence-electron chi connectivity index (χ0n) is 15.7. The number of H-pyrrole nitrogens is 2. The van der Waals surface area contributed by atoms with Gasteiger partial charge in [-0.1, -0.05) is 48.5 Å². The molecule has 2 aromatic carbocycles. The highest BCUT2D eigenvalue weighted by Crippen LogP contribution is 2.24. The van der Waals surface area contributed by atoms with Gasteiger partial charge in [0, 0.05) is 41.7 Å². The number of benzene rings is 2. The van der Waals surface area contributed by atoms with Gasteiger partial charge in [0.15, 0.2) is 0 Å². The van der Waals surface area contributed by atoms with E-state index >= 15 is 0 Å². The summed E-state index contributed by atoms with van der Waals surface area (Å²) < 4.78 is 0. The lowest BCUT2D eigenvalue weighted by molar-refractivity contribution is 0.0779. The van der Waals surface area contributed by atoms with E-state index in [2.05, 4.69) is 15.2 Å². The maximum Gasteiger partial charge on any atom is 0.272 e. The third kappa shape index (κ3) is 3.20. The molecule has 2 N–H and O–H groups in total. The smallest absolute Gasteiger partial charge is 0.272 e. The molecular weight excluding hydrogens is 352 g/mol. The van der Waals surface area contributed by atoms with Gasteiger partial charge in [0.2, 0.25) is 5.56 Å². The normalized spacial score (nSPS) is 10.9. The number of nitrogens with zero attached hydrogens (tertiary/aromatic N) is 2. The average Bonchev–Trinajstić information content (AvgIpc) is 3.09. The molecule has 0 saturated heterocycles. The monoisotopic (exact) mass is 372 g/mol. The minimum Gasteiger partial charge on any atom is -0.336 e. The third-order valence-corrected chi connectivity index (χ3v) is 4.86. The Morgan fingerprint density at radius 3 is 2.57 bits per heavy atom. The summed E-state index contributed by atoms with van der Waals surface area (Å²) in [6.07, 6.45) is 0. The molecule has 2 heterocycles. The average molecular weight is 372 g/mol. The van der Waals surface area contributed by atoms with Crippen LogP contribution in [0.5, 0.6) is 0 Å². The van der Waals surface area contributed by atoms with Crippen molar-refractivity contribution < 1.29 is 4.79 Å². The standard InChI is InChI=1S/C22H20N4O2/c1-14-20(15-8-4-3-5-9-15)24-25-21(14)22(28)26(2)13-16-12-19(27)23-18-11-7-6-10-17(16)18/h3-12H,13H2,1-2H3,(H,23,27)(H,24,25). The second-order valence-electron chi connectivity index (χ2n) is 6.80. The van der Waals surface area contributed by atoms with E-state index in [4.69, 9.17) is 0 Å². The molecule has 140 valence electrons. The zero-order chi connectivity index (χ0) is 19.7. The van der Waals surface area contributed by atoms with Gasteiger partial charge in [0.05, 0.1) is 5.69 Å². The Kier molecular flexibility index (Phi) is 4.53. The SMILES string of the molecule is Cc1c(-c2ccccc2)n[nH]c1C(=O)N(C)Cc1cc(=O)[nH]c2ccccc12. The Balaban J connectivity index is 1.64. The quantitative estimate of drug-likeness (QED) is 0.575. The summed E-state index contributed by atoms with van der Waals surface area (Å²) >= 11 is 0. The summed E-state index contributed by atoms with van der Waals surface area (Å²) in [5.74, 6) is -0.170. The number of aromatic nitrogens is 3. The molecule has 0 fully saturated rings. The largest absolute Gasteiger partial charge is 0.336 e.